The summed E-state index contributed by atoms with van der Waals surface area (Å²) in [6.45, 7) is 6.44. The Bertz CT molecular complexity index is 1190. The van der Waals surface area contributed by atoms with Crippen molar-refractivity contribution in [3.05, 3.63) is 87.9 Å². The molecular weight excluding hydrogens is 454 g/mol. The Kier molecular flexibility index (Phi) is 8.65. The van der Waals surface area contributed by atoms with Gasteiger partial charge in [0, 0.05) is 10.7 Å². The average Bonchev–Trinajstić information content (AvgIpc) is 2.82. The van der Waals surface area contributed by atoms with E-state index >= 15 is 0 Å². The van der Waals surface area contributed by atoms with Crippen molar-refractivity contribution in [1.82, 2.24) is 5.43 Å². The Morgan fingerprint density at radius 3 is 2.44 bits per heavy atom. The molecule has 0 heterocycles. The van der Waals surface area contributed by atoms with Crippen LogP contribution in [0.4, 0.5) is 5.69 Å². The number of benzene rings is 3. The van der Waals surface area contributed by atoms with Gasteiger partial charge in [-0.15, -0.1) is 0 Å². The quantitative estimate of drug-likeness (QED) is 0.269. The molecule has 0 bridgehead atoms. The predicted octanol–water partition coefficient (Wildman–Crippen LogP) is 5.02. The van der Waals surface area contributed by atoms with E-state index in [4.69, 9.17) is 21.1 Å². The van der Waals surface area contributed by atoms with Gasteiger partial charge in [-0.3, -0.25) is 9.59 Å². The molecule has 0 atom stereocenters. The van der Waals surface area contributed by atoms with E-state index in [0.717, 1.165) is 16.7 Å². The van der Waals surface area contributed by atoms with Crippen LogP contribution in [0.1, 0.15) is 29.2 Å². The minimum Gasteiger partial charge on any atom is -0.490 e. The Hall–Kier alpha value is -3.84. The third kappa shape index (κ3) is 7.08. The summed E-state index contributed by atoms with van der Waals surface area (Å²) in [6.07, 6.45) is 1.43. The van der Waals surface area contributed by atoms with Crippen molar-refractivity contribution < 1.29 is 19.1 Å². The molecule has 8 heteroatoms. The lowest BCUT2D eigenvalue weighted by Crippen LogP contribution is -2.32. The van der Waals surface area contributed by atoms with E-state index in [1.54, 1.807) is 36.4 Å². The molecule has 3 rings (SSSR count). The number of anilines is 1. The van der Waals surface area contributed by atoms with Crippen LogP contribution in [-0.2, 0) is 16.2 Å². The number of amides is 2. The molecule has 34 heavy (non-hydrogen) atoms. The number of hydrazone groups is 1. The lowest BCUT2D eigenvalue weighted by Gasteiger charge is -2.12. The number of ether oxygens (including phenoxy) is 2. The van der Waals surface area contributed by atoms with Crippen molar-refractivity contribution in [2.45, 2.75) is 27.4 Å². The van der Waals surface area contributed by atoms with E-state index in [1.165, 1.54) is 6.21 Å². The standard InChI is InChI=1S/C26H26ClN3O4/c1-4-33-24-14-20(9-12-23(24)34-16-19-7-10-21(27)11-8-19)15-28-30-26(32)25(31)29-22-13-17(2)5-6-18(22)3/h5-15H,4,16H2,1-3H3,(H,29,31)(H,30,32). The Morgan fingerprint density at radius 2 is 1.71 bits per heavy atom. The molecule has 2 amide bonds. The number of aryl methyl sites for hydroxylation is 2. The number of carbonyl (C=O) groups is 2. The van der Waals surface area contributed by atoms with Crippen LogP contribution in [0.25, 0.3) is 0 Å². The van der Waals surface area contributed by atoms with Crippen molar-refractivity contribution in [1.29, 1.82) is 0 Å². The molecule has 0 aromatic heterocycles. The summed E-state index contributed by atoms with van der Waals surface area (Å²) in [6, 6.07) is 18.3. The number of nitrogens with zero attached hydrogens (tertiary/aromatic N) is 1. The van der Waals surface area contributed by atoms with Crippen molar-refractivity contribution in [2.24, 2.45) is 5.10 Å². The number of hydrogen-bond donors (Lipinski definition) is 2. The summed E-state index contributed by atoms with van der Waals surface area (Å²) < 4.78 is 11.6. The van der Waals surface area contributed by atoms with Crippen LogP contribution in [0.2, 0.25) is 5.02 Å². The maximum atomic E-state index is 12.2. The minimum atomic E-state index is -0.870. The highest BCUT2D eigenvalue weighted by Gasteiger charge is 2.14. The number of halogens is 1. The normalized spacial score (nSPS) is 10.7. The molecule has 0 radical (unpaired) electrons. The molecule has 0 saturated carbocycles. The molecule has 176 valence electrons. The minimum absolute atomic E-state index is 0.357. The number of hydrogen-bond acceptors (Lipinski definition) is 5. The number of rotatable bonds is 8. The molecule has 0 spiro atoms. The highest BCUT2D eigenvalue weighted by Crippen LogP contribution is 2.29. The fourth-order valence-electron chi connectivity index (χ4n) is 3.00. The summed E-state index contributed by atoms with van der Waals surface area (Å²) in [5.74, 6) is -0.554. The highest BCUT2D eigenvalue weighted by atomic mass is 35.5. The lowest BCUT2D eigenvalue weighted by molar-refractivity contribution is -0.136. The van der Waals surface area contributed by atoms with Gasteiger partial charge in [-0.2, -0.15) is 5.10 Å². The second-order valence-electron chi connectivity index (χ2n) is 7.53. The van der Waals surface area contributed by atoms with Crippen LogP contribution >= 0.6 is 11.6 Å². The summed E-state index contributed by atoms with van der Waals surface area (Å²) in [5, 5.41) is 7.14. The van der Waals surface area contributed by atoms with Crippen LogP contribution in [0, 0.1) is 13.8 Å². The second-order valence-corrected chi connectivity index (χ2v) is 7.96. The Morgan fingerprint density at radius 1 is 0.941 bits per heavy atom. The SMILES string of the molecule is CCOc1cc(C=NNC(=O)C(=O)Nc2cc(C)ccc2C)ccc1OCc1ccc(Cl)cc1. The van der Waals surface area contributed by atoms with Gasteiger partial charge in [-0.05, 0) is 79.4 Å². The Labute approximate surface area is 203 Å². The molecule has 0 unspecified atom stereocenters. The maximum Gasteiger partial charge on any atom is 0.329 e. The maximum absolute atomic E-state index is 12.2. The van der Waals surface area contributed by atoms with Gasteiger partial charge in [0.25, 0.3) is 0 Å². The highest BCUT2D eigenvalue weighted by molar-refractivity contribution is 6.39. The van der Waals surface area contributed by atoms with Gasteiger partial charge in [0.05, 0.1) is 12.8 Å². The van der Waals surface area contributed by atoms with Gasteiger partial charge in [0.15, 0.2) is 11.5 Å². The van der Waals surface area contributed by atoms with Gasteiger partial charge in [0.1, 0.15) is 6.61 Å². The summed E-state index contributed by atoms with van der Waals surface area (Å²) in [5.41, 5.74) is 6.29. The Balaban J connectivity index is 1.60. The van der Waals surface area contributed by atoms with Crippen LogP contribution in [-0.4, -0.2) is 24.6 Å². The molecule has 2 N–H and O–H groups in total. The number of carbonyl (C=O) groups excluding carboxylic acids is 2. The third-order valence-corrected chi connectivity index (χ3v) is 5.05. The topological polar surface area (TPSA) is 89.0 Å². The van der Waals surface area contributed by atoms with Crippen molar-refractivity contribution >= 4 is 35.3 Å². The molecular formula is C26H26ClN3O4. The molecule has 0 aliphatic heterocycles. The van der Waals surface area contributed by atoms with Crippen LogP contribution in [0.3, 0.4) is 0 Å². The van der Waals surface area contributed by atoms with E-state index in [9.17, 15) is 9.59 Å². The van der Waals surface area contributed by atoms with Crippen LogP contribution in [0.15, 0.2) is 65.8 Å². The van der Waals surface area contributed by atoms with Gasteiger partial charge >= 0.3 is 11.8 Å². The monoisotopic (exact) mass is 479 g/mol. The fourth-order valence-corrected chi connectivity index (χ4v) is 3.13. The summed E-state index contributed by atoms with van der Waals surface area (Å²) in [7, 11) is 0. The molecule has 0 fully saturated rings. The zero-order chi connectivity index (χ0) is 24.5. The first-order chi connectivity index (χ1) is 16.4. The largest absolute Gasteiger partial charge is 0.490 e. The summed E-state index contributed by atoms with van der Waals surface area (Å²) in [4.78, 5) is 24.3. The van der Waals surface area contributed by atoms with Crippen LogP contribution in [0.5, 0.6) is 11.5 Å². The van der Waals surface area contributed by atoms with Crippen molar-refractivity contribution in [2.75, 3.05) is 11.9 Å². The smallest absolute Gasteiger partial charge is 0.329 e. The van der Waals surface area contributed by atoms with E-state index in [1.807, 2.05) is 45.0 Å². The van der Waals surface area contributed by atoms with Gasteiger partial charge in [-0.25, -0.2) is 5.43 Å². The van der Waals surface area contributed by atoms with Gasteiger partial charge in [0.2, 0.25) is 0 Å². The zero-order valence-electron chi connectivity index (χ0n) is 19.2. The third-order valence-electron chi connectivity index (χ3n) is 4.80. The van der Waals surface area contributed by atoms with E-state index in [-0.39, 0.29) is 0 Å². The van der Waals surface area contributed by atoms with E-state index in [2.05, 4.69) is 15.8 Å². The zero-order valence-corrected chi connectivity index (χ0v) is 20.0. The molecule has 3 aromatic carbocycles. The first kappa shape index (κ1) is 24.8. The molecule has 3 aromatic rings. The van der Waals surface area contributed by atoms with E-state index in [0.29, 0.717) is 41.0 Å². The molecule has 0 aliphatic carbocycles. The average molecular weight is 480 g/mol. The molecule has 0 aliphatic rings. The fraction of sp³-hybridized carbons (Fsp3) is 0.192. The second kappa shape index (κ2) is 11.9. The van der Waals surface area contributed by atoms with Gasteiger partial charge < -0.3 is 14.8 Å². The summed E-state index contributed by atoms with van der Waals surface area (Å²) >= 11 is 5.92. The predicted molar refractivity (Wildman–Crippen MR) is 134 cm³/mol. The first-order valence-corrected chi connectivity index (χ1v) is 11.1. The van der Waals surface area contributed by atoms with Crippen molar-refractivity contribution in [3.8, 4) is 11.5 Å². The van der Waals surface area contributed by atoms with Crippen LogP contribution < -0.4 is 20.2 Å². The lowest BCUT2D eigenvalue weighted by atomic mass is 10.1. The molecule has 0 saturated heterocycles. The molecule has 7 nitrogen and oxygen atoms in total. The van der Waals surface area contributed by atoms with E-state index < -0.39 is 11.8 Å². The van der Waals surface area contributed by atoms with Gasteiger partial charge in [-0.1, -0.05) is 35.9 Å². The van der Waals surface area contributed by atoms with Crippen molar-refractivity contribution in [3.63, 3.8) is 0 Å². The first-order valence-electron chi connectivity index (χ1n) is 10.7. The number of nitrogens with one attached hydrogen (secondary N) is 2.